The molecule has 4 rings (SSSR count). The maximum absolute atomic E-state index is 13.2. The van der Waals surface area contributed by atoms with Crippen LogP contribution in [-0.4, -0.2) is 52.3 Å². The third kappa shape index (κ3) is 5.42. The van der Waals surface area contributed by atoms with Gasteiger partial charge in [0.05, 0.1) is 28.7 Å². The lowest BCUT2D eigenvalue weighted by Gasteiger charge is -2.24. The van der Waals surface area contributed by atoms with Gasteiger partial charge in [-0.1, -0.05) is 43.7 Å². The number of hydrogen-bond acceptors (Lipinski definition) is 9. The molecule has 3 aromatic rings. The highest BCUT2D eigenvalue weighted by molar-refractivity contribution is 7.12. The molecule has 3 N–H and O–H groups in total. The molecule has 1 unspecified atom stereocenters. The molecule has 2 amide bonds. The second-order valence-corrected chi connectivity index (χ2v) is 9.96. The predicted octanol–water partition coefficient (Wildman–Crippen LogP) is 2.49. The highest BCUT2D eigenvalue weighted by atomic mass is 32.1. The van der Waals surface area contributed by atoms with Crippen LogP contribution in [0.5, 0.6) is 0 Å². The Morgan fingerprint density at radius 3 is 2.72 bits per heavy atom. The van der Waals surface area contributed by atoms with E-state index in [1.54, 1.807) is 26.8 Å². The zero-order valence-electron chi connectivity index (χ0n) is 20.5. The van der Waals surface area contributed by atoms with Crippen molar-refractivity contribution in [3.63, 3.8) is 0 Å². The summed E-state index contributed by atoms with van der Waals surface area (Å²) in [6, 6.07) is 8.71. The Balaban J connectivity index is 1.47. The first-order valence-corrected chi connectivity index (χ1v) is 12.4. The van der Waals surface area contributed by atoms with E-state index in [1.165, 1.54) is 16.2 Å². The summed E-state index contributed by atoms with van der Waals surface area (Å²) in [7, 11) is 0. The summed E-state index contributed by atoms with van der Waals surface area (Å²) in [5, 5.41) is 12.5. The number of aryl methyl sites for hydroxylation is 1. The number of carbonyl (C=O) groups excluding carboxylic acids is 3. The van der Waals surface area contributed by atoms with Crippen molar-refractivity contribution >= 4 is 40.3 Å². The Hall–Kier alpha value is -3.70. The van der Waals surface area contributed by atoms with Crippen molar-refractivity contribution in [1.82, 2.24) is 15.5 Å². The fourth-order valence-corrected chi connectivity index (χ4v) is 4.86. The van der Waals surface area contributed by atoms with E-state index in [0.717, 1.165) is 16.0 Å². The summed E-state index contributed by atoms with van der Waals surface area (Å²) in [6.45, 7) is 7.06. The van der Waals surface area contributed by atoms with Crippen LogP contribution in [0.4, 0.5) is 5.69 Å². The smallest absolute Gasteiger partial charge is 0.286 e. The number of anilines is 1. The maximum Gasteiger partial charge on any atom is 0.286 e. The van der Waals surface area contributed by atoms with Crippen LogP contribution in [0.3, 0.4) is 0 Å². The zero-order chi connectivity index (χ0) is 26.0. The SMILES string of the molecule is CC1=NC(N)C(=O)N(CC(=O)N[C@H](C(=O)c2nnc(Cc3cccc(C)c3)o2)C(C)C)c2ccsc21. The molecule has 0 saturated heterocycles. The van der Waals surface area contributed by atoms with Gasteiger partial charge in [0, 0.05) is 0 Å². The van der Waals surface area contributed by atoms with E-state index in [-0.39, 0.29) is 18.4 Å². The molecule has 2 aromatic heterocycles. The number of Topliss-reactive ketones (excluding diaryl/α,β-unsaturated/α-hetero) is 1. The molecule has 1 aliphatic heterocycles. The lowest BCUT2D eigenvalue weighted by atomic mass is 9.99. The summed E-state index contributed by atoms with van der Waals surface area (Å²) in [4.78, 5) is 45.4. The van der Waals surface area contributed by atoms with Crippen LogP contribution in [0, 0.1) is 12.8 Å². The van der Waals surface area contributed by atoms with E-state index >= 15 is 0 Å². The molecule has 36 heavy (non-hydrogen) atoms. The zero-order valence-corrected chi connectivity index (χ0v) is 21.3. The average Bonchev–Trinajstić information content (AvgIpc) is 3.48. The fraction of sp³-hybridized carbons (Fsp3) is 0.360. The Morgan fingerprint density at radius 1 is 1.22 bits per heavy atom. The fourth-order valence-electron chi connectivity index (χ4n) is 4.00. The quantitative estimate of drug-likeness (QED) is 0.445. The number of fused-ring (bicyclic) bond motifs is 1. The number of nitrogens with one attached hydrogen (secondary N) is 1. The van der Waals surface area contributed by atoms with E-state index in [0.29, 0.717) is 23.7 Å². The Kier molecular flexibility index (Phi) is 7.41. The lowest BCUT2D eigenvalue weighted by molar-refractivity contribution is -0.124. The van der Waals surface area contributed by atoms with Gasteiger partial charge in [0.25, 0.3) is 11.8 Å². The summed E-state index contributed by atoms with van der Waals surface area (Å²) < 4.78 is 5.63. The van der Waals surface area contributed by atoms with Gasteiger partial charge in [-0.05, 0) is 36.8 Å². The van der Waals surface area contributed by atoms with Gasteiger partial charge >= 0.3 is 0 Å². The first-order valence-electron chi connectivity index (χ1n) is 11.5. The van der Waals surface area contributed by atoms with E-state index in [2.05, 4.69) is 20.5 Å². The van der Waals surface area contributed by atoms with Crippen molar-refractivity contribution < 1.29 is 18.8 Å². The topological polar surface area (TPSA) is 144 Å². The molecule has 11 heteroatoms. The van der Waals surface area contributed by atoms with Gasteiger partial charge in [0.15, 0.2) is 6.17 Å². The average molecular weight is 509 g/mol. The number of hydrogen-bond donors (Lipinski definition) is 2. The molecule has 0 bridgehead atoms. The molecule has 188 valence electrons. The minimum Gasteiger partial charge on any atom is -0.418 e. The minimum absolute atomic E-state index is 0.173. The first kappa shape index (κ1) is 25.4. The van der Waals surface area contributed by atoms with Gasteiger partial charge in [-0.2, -0.15) is 0 Å². The van der Waals surface area contributed by atoms with Crippen molar-refractivity contribution in [2.45, 2.75) is 46.3 Å². The Labute approximate surface area is 212 Å². The molecule has 3 heterocycles. The van der Waals surface area contributed by atoms with E-state index in [1.807, 2.05) is 36.6 Å². The Morgan fingerprint density at radius 2 is 2.00 bits per heavy atom. The molecule has 1 aromatic carbocycles. The number of rotatable bonds is 8. The molecule has 2 atom stereocenters. The molecule has 0 saturated carbocycles. The molecular weight excluding hydrogens is 480 g/mol. The van der Waals surface area contributed by atoms with Crippen molar-refractivity contribution in [2.75, 3.05) is 11.4 Å². The van der Waals surface area contributed by atoms with Crippen LogP contribution in [-0.2, 0) is 16.0 Å². The number of thiophene rings is 1. The van der Waals surface area contributed by atoms with Gasteiger partial charge in [0.1, 0.15) is 6.54 Å². The number of aliphatic imine (C=N–C) groups is 1. The van der Waals surface area contributed by atoms with Crippen LogP contribution in [0.1, 0.15) is 53.4 Å². The van der Waals surface area contributed by atoms with Crippen LogP contribution < -0.4 is 16.0 Å². The molecule has 0 fully saturated rings. The number of aromatic nitrogens is 2. The van der Waals surface area contributed by atoms with Crippen LogP contribution in [0.15, 0.2) is 45.1 Å². The van der Waals surface area contributed by atoms with E-state index in [4.69, 9.17) is 10.2 Å². The number of carbonyl (C=O) groups is 3. The van der Waals surface area contributed by atoms with Crippen LogP contribution >= 0.6 is 11.3 Å². The van der Waals surface area contributed by atoms with Crippen molar-refractivity contribution in [1.29, 1.82) is 0 Å². The van der Waals surface area contributed by atoms with Gasteiger partial charge in [-0.25, -0.2) is 0 Å². The van der Waals surface area contributed by atoms with Gasteiger partial charge < -0.3 is 15.5 Å². The standard InChI is InChI=1S/C25H28N6O4S/c1-13(2)20(21(33)24-30-29-19(35-24)11-16-7-5-6-14(3)10-16)28-18(32)12-31-17-8-9-36-22(17)15(4)27-23(26)25(31)34/h5-10,13,20,23H,11-12,26H2,1-4H3,(H,28,32)/t20-,23?/m0/s1. The number of ketones is 1. The normalized spacial score (nSPS) is 16.4. The van der Waals surface area contributed by atoms with Crippen molar-refractivity contribution in [3.05, 3.63) is 63.5 Å². The third-order valence-electron chi connectivity index (χ3n) is 5.80. The van der Waals surface area contributed by atoms with Gasteiger partial charge in [0.2, 0.25) is 17.6 Å². The molecule has 0 radical (unpaired) electrons. The summed E-state index contributed by atoms with van der Waals surface area (Å²) in [6.07, 6.45) is -0.715. The largest absolute Gasteiger partial charge is 0.418 e. The van der Waals surface area contributed by atoms with Gasteiger partial charge in [-0.3, -0.25) is 24.3 Å². The predicted molar refractivity (Wildman–Crippen MR) is 136 cm³/mol. The monoisotopic (exact) mass is 508 g/mol. The molecule has 0 spiro atoms. The van der Waals surface area contributed by atoms with Crippen molar-refractivity contribution in [2.24, 2.45) is 16.6 Å². The summed E-state index contributed by atoms with van der Waals surface area (Å²) in [5.41, 5.74) is 9.22. The maximum atomic E-state index is 13.2. The number of nitrogens with zero attached hydrogens (tertiary/aromatic N) is 4. The summed E-state index contributed by atoms with van der Waals surface area (Å²) >= 11 is 1.41. The van der Waals surface area contributed by atoms with Gasteiger partial charge in [-0.15, -0.1) is 21.5 Å². The molecular formula is C25H28N6O4S. The van der Waals surface area contributed by atoms with Crippen molar-refractivity contribution in [3.8, 4) is 0 Å². The Bertz CT molecular complexity index is 1330. The van der Waals surface area contributed by atoms with Crippen LogP contribution in [0.2, 0.25) is 0 Å². The molecule has 1 aliphatic rings. The van der Waals surface area contributed by atoms with E-state index < -0.39 is 29.8 Å². The first-order chi connectivity index (χ1) is 17.1. The highest BCUT2D eigenvalue weighted by Gasteiger charge is 2.33. The lowest BCUT2D eigenvalue weighted by Crippen LogP contribution is -2.51. The third-order valence-corrected chi connectivity index (χ3v) is 6.81. The molecule has 0 aliphatic carbocycles. The number of nitrogens with two attached hydrogens (primary N) is 1. The summed E-state index contributed by atoms with van der Waals surface area (Å²) in [5.74, 6) is -1.63. The second-order valence-electron chi connectivity index (χ2n) is 9.04. The van der Waals surface area contributed by atoms with Crippen LogP contribution in [0.25, 0.3) is 0 Å². The highest BCUT2D eigenvalue weighted by Crippen LogP contribution is 2.30. The number of amides is 2. The molecule has 10 nitrogen and oxygen atoms in total. The second kappa shape index (κ2) is 10.5. The number of benzene rings is 1. The van der Waals surface area contributed by atoms with E-state index in [9.17, 15) is 14.4 Å². The minimum atomic E-state index is -1.11.